The highest BCUT2D eigenvalue weighted by Crippen LogP contribution is 2.45. The van der Waals surface area contributed by atoms with E-state index in [9.17, 15) is 4.79 Å². The van der Waals surface area contributed by atoms with Crippen LogP contribution < -0.4 is 5.32 Å². The van der Waals surface area contributed by atoms with E-state index in [1.807, 2.05) is 36.2 Å². The molecule has 0 spiro atoms. The van der Waals surface area contributed by atoms with Crippen LogP contribution in [0.3, 0.4) is 0 Å². The minimum Gasteiger partial charge on any atom is -0.362 e. The second-order valence-electron chi connectivity index (χ2n) is 4.96. The third-order valence-corrected chi connectivity index (χ3v) is 3.92. The van der Waals surface area contributed by atoms with E-state index < -0.39 is 0 Å². The van der Waals surface area contributed by atoms with Crippen molar-refractivity contribution in [2.75, 3.05) is 12.4 Å². The number of carbonyl (C=O) groups excluding carboxylic acids is 1. The number of nitrogens with one attached hydrogen (secondary N) is 1. The second kappa shape index (κ2) is 3.00. The SMILES string of the molecule is CN1C(=O)c2ccccc2NC1(C)C1CC1. The Morgan fingerprint density at radius 1 is 1.38 bits per heavy atom. The van der Waals surface area contributed by atoms with Crippen LogP contribution in [0, 0.1) is 5.92 Å². The fourth-order valence-corrected chi connectivity index (χ4v) is 2.55. The number of benzene rings is 1. The maximum Gasteiger partial charge on any atom is 0.257 e. The topological polar surface area (TPSA) is 32.3 Å². The van der Waals surface area contributed by atoms with Gasteiger partial charge in [-0.2, -0.15) is 0 Å². The summed E-state index contributed by atoms with van der Waals surface area (Å²) < 4.78 is 0. The molecule has 0 radical (unpaired) electrons. The fourth-order valence-electron chi connectivity index (χ4n) is 2.55. The first-order chi connectivity index (χ1) is 7.63. The molecule has 0 aromatic heterocycles. The molecule has 1 N–H and O–H groups in total. The highest BCUT2D eigenvalue weighted by Gasteiger charge is 2.49. The summed E-state index contributed by atoms with van der Waals surface area (Å²) in [5.74, 6) is 0.721. The van der Waals surface area contributed by atoms with Crippen molar-refractivity contribution in [2.24, 2.45) is 5.92 Å². The largest absolute Gasteiger partial charge is 0.362 e. The van der Waals surface area contributed by atoms with Crippen molar-refractivity contribution in [1.29, 1.82) is 0 Å². The Kier molecular flexibility index (Phi) is 1.82. The third-order valence-electron chi connectivity index (χ3n) is 3.92. The molecule has 1 aromatic rings. The first-order valence-corrected chi connectivity index (χ1v) is 5.78. The quantitative estimate of drug-likeness (QED) is 0.781. The lowest BCUT2D eigenvalue weighted by Gasteiger charge is -2.45. The number of anilines is 1. The smallest absolute Gasteiger partial charge is 0.257 e. The Hall–Kier alpha value is -1.51. The maximum absolute atomic E-state index is 12.3. The van der Waals surface area contributed by atoms with Gasteiger partial charge in [0, 0.05) is 18.7 Å². The van der Waals surface area contributed by atoms with Crippen molar-refractivity contribution in [3.8, 4) is 0 Å². The number of carbonyl (C=O) groups is 1. The lowest BCUT2D eigenvalue weighted by atomic mass is 9.97. The Bertz CT molecular complexity index is 453. The molecule has 1 saturated carbocycles. The van der Waals surface area contributed by atoms with Crippen molar-refractivity contribution >= 4 is 11.6 Å². The van der Waals surface area contributed by atoms with Crippen molar-refractivity contribution < 1.29 is 4.79 Å². The Labute approximate surface area is 95.4 Å². The molecule has 0 bridgehead atoms. The van der Waals surface area contributed by atoms with Gasteiger partial charge >= 0.3 is 0 Å². The summed E-state index contributed by atoms with van der Waals surface area (Å²) in [6, 6.07) is 7.75. The van der Waals surface area contributed by atoms with Crippen LogP contribution in [0.5, 0.6) is 0 Å². The molecule has 84 valence electrons. The zero-order chi connectivity index (χ0) is 11.3. The van der Waals surface area contributed by atoms with Crippen LogP contribution >= 0.6 is 0 Å². The number of rotatable bonds is 1. The van der Waals surface area contributed by atoms with E-state index in [0.29, 0.717) is 5.92 Å². The van der Waals surface area contributed by atoms with Crippen LogP contribution in [-0.2, 0) is 0 Å². The molecule has 1 atom stereocenters. The third kappa shape index (κ3) is 1.17. The van der Waals surface area contributed by atoms with Gasteiger partial charge in [0.05, 0.1) is 5.56 Å². The van der Waals surface area contributed by atoms with Crippen molar-refractivity contribution in [1.82, 2.24) is 4.90 Å². The van der Waals surface area contributed by atoms with Gasteiger partial charge in [-0.15, -0.1) is 0 Å². The van der Waals surface area contributed by atoms with Crippen LogP contribution in [0.1, 0.15) is 30.1 Å². The van der Waals surface area contributed by atoms with E-state index in [1.54, 1.807) is 0 Å². The molecule has 3 nitrogen and oxygen atoms in total. The molecular weight excluding hydrogens is 200 g/mol. The van der Waals surface area contributed by atoms with Crippen molar-refractivity contribution in [2.45, 2.75) is 25.4 Å². The number of nitrogens with zero attached hydrogens (tertiary/aromatic N) is 1. The fraction of sp³-hybridized carbons (Fsp3) is 0.462. The van der Waals surface area contributed by atoms with Crippen LogP contribution in [-0.4, -0.2) is 23.5 Å². The van der Waals surface area contributed by atoms with E-state index in [1.165, 1.54) is 12.8 Å². The highest BCUT2D eigenvalue weighted by molar-refractivity contribution is 6.02. The summed E-state index contributed by atoms with van der Waals surface area (Å²) in [5.41, 5.74) is 1.55. The predicted molar refractivity (Wildman–Crippen MR) is 63.3 cm³/mol. The molecule has 16 heavy (non-hydrogen) atoms. The van der Waals surface area contributed by atoms with Gasteiger partial charge in [-0.05, 0) is 31.9 Å². The van der Waals surface area contributed by atoms with Crippen LogP contribution in [0.25, 0.3) is 0 Å². The number of fused-ring (bicyclic) bond motifs is 1. The summed E-state index contributed by atoms with van der Waals surface area (Å²) in [6.45, 7) is 2.12. The Balaban J connectivity index is 2.08. The van der Waals surface area contributed by atoms with Crippen molar-refractivity contribution in [3.63, 3.8) is 0 Å². The molecule has 1 fully saturated rings. The van der Waals surface area contributed by atoms with Gasteiger partial charge in [-0.1, -0.05) is 12.1 Å². The predicted octanol–water partition coefficient (Wildman–Crippen LogP) is 2.31. The summed E-state index contributed by atoms with van der Waals surface area (Å²) >= 11 is 0. The lowest BCUT2D eigenvalue weighted by Crippen LogP contribution is -2.57. The summed E-state index contributed by atoms with van der Waals surface area (Å²) in [7, 11) is 1.89. The van der Waals surface area contributed by atoms with E-state index in [2.05, 4.69) is 12.2 Å². The van der Waals surface area contributed by atoms with Crippen LogP contribution in [0.15, 0.2) is 24.3 Å². The van der Waals surface area contributed by atoms with Gasteiger partial charge in [-0.3, -0.25) is 4.79 Å². The normalized spacial score (nSPS) is 28.6. The summed E-state index contributed by atoms with van der Waals surface area (Å²) in [6.07, 6.45) is 2.42. The Morgan fingerprint density at radius 3 is 2.75 bits per heavy atom. The average Bonchev–Trinajstić information content (AvgIpc) is 3.10. The monoisotopic (exact) mass is 216 g/mol. The molecule has 2 aliphatic rings. The lowest BCUT2D eigenvalue weighted by molar-refractivity contribution is 0.0580. The van der Waals surface area contributed by atoms with Crippen LogP contribution in [0.4, 0.5) is 5.69 Å². The molecule has 1 aliphatic carbocycles. The van der Waals surface area contributed by atoms with Crippen molar-refractivity contribution in [3.05, 3.63) is 29.8 Å². The minimum absolute atomic E-state index is 0.128. The second-order valence-corrected chi connectivity index (χ2v) is 4.96. The van der Waals surface area contributed by atoms with E-state index >= 15 is 0 Å². The van der Waals surface area contributed by atoms with Gasteiger partial charge < -0.3 is 10.2 Å². The van der Waals surface area contributed by atoms with E-state index in [4.69, 9.17) is 0 Å². The molecule has 1 heterocycles. The zero-order valence-electron chi connectivity index (χ0n) is 9.66. The van der Waals surface area contributed by atoms with Crippen LogP contribution in [0.2, 0.25) is 0 Å². The van der Waals surface area contributed by atoms with E-state index in [-0.39, 0.29) is 11.6 Å². The van der Waals surface area contributed by atoms with Gasteiger partial charge in [0.25, 0.3) is 5.91 Å². The standard InChI is InChI=1S/C13H16N2O/c1-13(9-7-8-9)14-11-6-4-3-5-10(11)12(16)15(13)2/h3-6,9,14H,7-8H2,1-2H3. The average molecular weight is 216 g/mol. The number of para-hydroxylation sites is 1. The molecule has 1 aromatic carbocycles. The first-order valence-electron chi connectivity index (χ1n) is 5.78. The zero-order valence-corrected chi connectivity index (χ0v) is 9.66. The number of hydrogen-bond donors (Lipinski definition) is 1. The summed E-state index contributed by atoms with van der Waals surface area (Å²) in [5, 5.41) is 3.52. The number of hydrogen-bond acceptors (Lipinski definition) is 2. The molecule has 0 saturated heterocycles. The van der Waals surface area contributed by atoms with Gasteiger partial charge in [0.1, 0.15) is 5.66 Å². The molecule has 1 aliphatic heterocycles. The van der Waals surface area contributed by atoms with Gasteiger partial charge in [0.2, 0.25) is 0 Å². The van der Waals surface area contributed by atoms with Gasteiger partial charge in [-0.25, -0.2) is 0 Å². The molecule has 3 rings (SSSR count). The minimum atomic E-state index is -0.203. The molecular formula is C13H16N2O. The highest BCUT2D eigenvalue weighted by atomic mass is 16.2. The number of amides is 1. The summed E-state index contributed by atoms with van der Waals surface area (Å²) in [4.78, 5) is 14.1. The molecule has 3 heteroatoms. The van der Waals surface area contributed by atoms with E-state index in [0.717, 1.165) is 11.3 Å². The van der Waals surface area contributed by atoms with Gasteiger partial charge in [0.15, 0.2) is 0 Å². The first kappa shape index (κ1) is 9.70. The molecule has 1 amide bonds. The Morgan fingerprint density at radius 2 is 2.06 bits per heavy atom. The molecule has 1 unspecified atom stereocenters. The maximum atomic E-state index is 12.3.